The number of hydrogen-bond acceptors (Lipinski definition) is 7. The first kappa shape index (κ1) is 29.1. The molecule has 42 heavy (non-hydrogen) atoms. The van der Waals surface area contributed by atoms with Crippen LogP contribution in [0.5, 0.6) is 11.5 Å². The summed E-state index contributed by atoms with van der Waals surface area (Å²) in [6, 6.07) is 21.6. The van der Waals surface area contributed by atoms with Crippen LogP contribution in [0.2, 0.25) is 5.02 Å². The molecule has 214 valence electrons. The van der Waals surface area contributed by atoms with Gasteiger partial charge < -0.3 is 14.2 Å². The van der Waals surface area contributed by atoms with Crippen molar-refractivity contribution in [1.82, 2.24) is 4.57 Å². The number of fused-ring (bicyclic) bond motifs is 1. The van der Waals surface area contributed by atoms with E-state index >= 15 is 0 Å². The van der Waals surface area contributed by atoms with Crippen LogP contribution < -0.4 is 24.4 Å². The molecule has 5 rings (SSSR count). The van der Waals surface area contributed by atoms with E-state index in [0.717, 1.165) is 16.7 Å². The van der Waals surface area contributed by atoms with Crippen LogP contribution in [-0.2, 0) is 16.1 Å². The third-order valence-corrected chi connectivity index (χ3v) is 7.96. The highest BCUT2D eigenvalue weighted by molar-refractivity contribution is 7.07. The van der Waals surface area contributed by atoms with Crippen LogP contribution in [0.25, 0.3) is 6.08 Å². The van der Waals surface area contributed by atoms with Gasteiger partial charge in [-0.3, -0.25) is 9.36 Å². The maximum Gasteiger partial charge on any atom is 0.338 e. The molecule has 0 aliphatic carbocycles. The second-order valence-corrected chi connectivity index (χ2v) is 10.8. The average Bonchev–Trinajstić information content (AvgIpc) is 3.29. The van der Waals surface area contributed by atoms with Crippen LogP contribution in [0.3, 0.4) is 0 Å². The van der Waals surface area contributed by atoms with Crippen LogP contribution in [0, 0.1) is 0 Å². The number of rotatable bonds is 10. The third-order valence-electron chi connectivity index (χ3n) is 6.61. The van der Waals surface area contributed by atoms with Crippen molar-refractivity contribution in [3.63, 3.8) is 0 Å². The highest BCUT2D eigenvalue weighted by Crippen LogP contribution is 2.31. The van der Waals surface area contributed by atoms with Crippen molar-refractivity contribution in [2.24, 2.45) is 4.99 Å². The number of thiazole rings is 1. The van der Waals surface area contributed by atoms with E-state index in [9.17, 15) is 9.59 Å². The van der Waals surface area contributed by atoms with Gasteiger partial charge in [0.25, 0.3) is 5.56 Å². The van der Waals surface area contributed by atoms with E-state index in [1.54, 1.807) is 24.5 Å². The lowest BCUT2D eigenvalue weighted by Gasteiger charge is -2.24. The van der Waals surface area contributed by atoms with Crippen molar-refractivity contribution in [3.05, 3.63) is 138 Å². The number of carbonyl (C=O) groups is 1. The number of allylic oxidation sites excluding steroid dienone is 1. The van der Waals surface area contributed by atoms with Crippen LogP contribution in [0.4, 0.5) is 0 Å². The quantitative estimate of drug-likeness (QED) is 0.175. The van der Waals surface area contributed by atoms with Crippen molar-refractivity contribution in [3.8, 4) is 11.5 Å². The molecule has 0 fully saturated rings. The molecule has 1 aromatic heterocycles. The van der Waals surface area contributed by atoms with Gasteiger partial charge in [-0.05, 0) is 61.4 Å². The van der Waals surface area contributed by atoms with Crippen LogP contribution >= 0.6 is 22.9 Å². The minimum atomic E-state index is -0.698. The van der Waals surface area contributed by atoms with E-state index in [-0.39, 0.29) is 12.2 Å². The van der Waals surface area contributed by atoms with E-state index in [2.05, 4.69) is 11.6 Å². The first-order valence-electron chi connectivity index (χ1n) is 13.4. The van der Waals surface area contributed by atoms with Gasteiger partial charge in [-0.2, -0.15) is 0 Å². The largest absolute Gasteiger partial charge is 0.490 e. The van der Waals surface area contributed by atoms with E-state index in [0.29, 0.717) is 50.3 Å². The maximum atomic E-state index is 13.8. The molecular formula is C33H29ClN2O5S. The summed E-state index contributed by atoms with van der Waals surface area (Å²) in [5.41, 5.74) is 3.06. The first-order valence-corrected chi connectivity index (χ1v) is 14.6. The molecule has 0 spiro atoms. The van der Waals surface area contributed by atoms with Crippen molar-refractivity contribution in [1.29, 1.82) is 0 Å². The summed E-state index contributed by atoms with van der Waals surface area (Å²) < 4.78 is 18.9. The van der Waals surface area contributed by atoms with Gasteiger partial charge in [0.2, 0.25) is 0 Å². The second-order valence-electron chi connectivity index (χ2n) is 9.42. The number of esters is 1. The van der Waals surface area contributed by atoms with Gasteiger partial charge in [-0.25, -0.2) is 9.79 Å². The SMILES string of the molecule is C=CCOc1ccc(C2C(C(=O)OCC)=C(C)N=c3sc(=Cc4ccc(OCc5ccccc5Cl)cc4)c(=O)n32)cc1. The zero-order valence-corrected chi connectivity index (χ0v) is 24.8. The van der Waals surface area contributed by atoms with Gasteiger partial charge in [0.05, 0.1) is 28.5 Å². The molecule has 3 aromatic carbocycles. The molecule has 9 heteroatoms. The van der Waals surface area contributed by atoms with Crippen molar-refractivity contribution in [2.75, 3.05) is 13.2 Å². The highest BCUT2D eigenvalue weighted by Gasteiger charge is 2.33. The normalized spacial score (nSPS) is 14.6. The number of benzene rings is 3. The van der Waals surface area contributed by atoms with Crippen molar-refractivity contribution >= 4 is 35.0 Å². The van der Waals surface area contributed by atoms with Crippen molar-refractivity contribution in [2.45, 2.75) is 26.5 Å². The Morgan fingerprint density at radius 3 is 2.43 bits per heavy atom. The van der Waals surface area contributed by atoms with Gasteiger partial charge in [-0.15, -0.1) is 0 Å². The van der Waals surface area contributed by atoms with Crippen molar-refractivity contribution < 1.29 is 19.0 Å². The standard InChI is InChI=1S/C33H29ClN2O5S/c1-4-18-40-25-16-12-23(13-17-25)30-29(32(38)39-5-2)21(3)35-33-36(30)31(37)28(42-33)19-22-10-14-26(15-11-22)41-20-24-8-6-7-9-27(24)34/h4,6-17,19,30H,1,5,18,20H2,2-3H3. The zero-order valence-electron chi connectivity index (χ0n) is 23.2. The molecule has 1 aliphatic heterocycles. The number of ether oxygens (including phenoxy) is 3. The second kappa shape index (κ2) is 13.1. The van der Waals surface area contributed by atoms with Crippen LogP contribution in [0.1, 0.15) is 36.6 Å². The lowest BCUT2D eigenvalue weighted by molar-refractivity contribution is -0.139. The smallest absolute Gasteiger partial charge is 0.338 e. The lowest BCUT2D eigenvalue weighted by Crippen LogP contribution is -2.39. The van der Waals surface area contributed by atoms with E-state index in [1.165, 1.54) is 11.3 Å². The van der Waals surface area contributed by atoms with Crippen LogP contribution in [-0.4, -0.2) is 23.8 Å². The monoisotopic (exact) mass is 600 g/mol. The molecular weight excluding hydrogens is 572 g/mol. The summed E-state index contributed by atoms with van der Waals surface area (Å²) in [5.74, 6) is 0.838. The summed E-state index contributed by atoms with van der Waals surface area (Å²) in [4.78, 5) is 32.1. The van der Waals surface area contributed by atoms with Crippen LogP contribution in [0.15, 0.2) is 107 Å². The summed E-state index contributed by atoms with van der Waals surface area (Å²) >= 11 is 7.50. The fourth-order valence-corrected chi connectivity index (χ4v) is 5.83. The molecule has 0 saturated carbocycles. The predicted molar refractivity (Wildman–Crippen MR) is 165 cm³/mol. The molecule has 0 saturated heterocycles. The Hall–Kier alpha value is -4.40. The minimum absolute atomic E-state index is 0.208. The number of halogens is 1. The first-order chi connectivity index (χ1) is 20.4. The summed E-state index contributed by atoms with van der Waals surface area (Å²) in [7, 11) is 0. The number of hydrogen-bond donors (Lipinski definition) is 0. The molecule has 1 atom stereocenters. The Morgan fingerprint density at radius 1 is 1.05 bits per heavy atom. The molecule has 4 aromatic rings. The number of nitrogens with zero attached hydrogens (tertiary/aromatic N) is 2. The molecule has 0 radical (unpaired) electrons. The lowest BCUT2D eigenvalue weighted by atomic mass is 9.96. The summed E-state index contributed by atoms with van der Waals surface area (Å²) in [6.45, 7) is 8.11. The van der Waals surface area contributed by atoms with Gasteiger partial charge in [0, 0.05) is 10.6 Å². The molecule has 1 unspecified atom stereocenters. The zero-order chi connectivity index (χ0) is 29.6. The third kappa shape index (κ3) is 6.25. The van der Waals surface area contributed by atoms with E-state index in [4.69, 9.17) is 25.8 Å². The Bertz CT molecular complexity index is 1820. The van der Waals surface area contributed by atoms with Gasteiger partial charge >= 0.3 is 5.97 Å². The highest BCUT2D eigenvalue weighted by atomic mass is 35.5. The molecule has 7 nitrogen and oxygen atoms in total. The summed E-state index contributed by atoms with van der Waals surface area (Å²) in [5, 5.41) is 0.654. The maximum absolute atomic E-state index is 13.8. The summed E-state index contributed by atoms with van der Waals surface area (Å²) in [6.07, 6.45) is 3.48. The Morgan fingerprint density at radius 2 is 1.74 bits per heavy atom. The Labute approximate surface area is 252 Å². The molecule has 2 heterocycles. The molecule has 0 N–H and O–H groups in total. The molecule has 0 bridgehead atoms. The number of carbonyl (C=O) groups excluding carboxylic acids is 1. The molecule has 0 amide bonds. The average molecular weight is 601 g/mol. The molecule has 1 aliphatic rings. The Kier molecular flexibility index (Phi) is 9.05. The fourth-order valence-electron chi connectivity index (χ4n) is 4.60. The van der Waals surface area contributed by atoms with E-state index in [1.807, 2.05) is 78.9 Å². The predicted octanol–water partition coefficient (Wildman–Crippen LogP) is 5.60. The van der Waals surface area contributed by atoms with Gasteiger partial charge in [0.15, 0.2) is 4.80 Å². The topological polar surface area (TPSA) is 79.1 Å². The Balaban J connectivity index is 1.49. The van der Waals surface area contributed by atoms with Gasteiger partial charge in [-0.1, -0.05) is 78.1 Å². The number of aromatic nitrogens is 1. The fraction of sp³-hybridized carbons (Fsp3) is 0.182. The van der Waals surface area contributed by atoms with E-state index < -0.39 is 12.0 Å². The minimum Gasteiger partial charge on any atom is -0.490 e. The van der Waals surface area contributed by atoms with Gasteiger partial charge in [0.1, 0.15) is 24.7 Å².